The monoisotopic (exact) mass is 374 g/mol. The second-order valence-electron chi connectivity index (χ2n) is 8.80. The number of carbonyl (C=O) groups excluding carboxylic acids is 2. The van der Waals surface area contributed by atoms with Gasteiger partial charge in [0.25, 0.3) is 16.6 Å². The van der Waals surface area contributed by atoms with E-state index in [-0.39, 0.29) is 12.2 Å². The molecule has 0 aliphatic carbocycles. The standard InChI is InChI=1S/C16H34N2O4Si2/c1-13(2)9-17-11-23(5,6)22-16(20)18(10-14(3)4)12-24(7,8)21-15(17)19/h13-14H,9-12H2,1-8H3. The highest BCUT2D eigenvalue weighted by Crippen LogP contribution is 2.19. The quantitative estimate of drug-likeness (QED) is 0.704. The third-order valence-electron chi connectivity index (χ3n) is 3.56. The fourth-order valence-electron chi connectivity index (χ4n) is 2.87. The maximum atomic E-state index is 12.7. The highest BCUT2D eigenvalue weighted by molar-refractivity contribution is 6.74. The molecule has 6 nitrogen and oxygen atoms in total. The van der Waals surface area contributed by atoms with E-state index in [9.17, 15) is 9.59 Å². The molecule has 0 aromatic rings. The molecule has 1 saturated heterocycles. The van der Waals surface area contributed by atoms with Crippen molar-refractivity contribution in [2.24, 2.45) is 11.8 Å². The van der Waals surface area contributed by atoms with Gasteiger partial charge < -0.3 is 18.7 Å². The molecule has 0 bridgehead atoms. The lowest BCUT2D eigenvalue weighted by Crippen LogP contribution is -2.58. The van der Waals surface area contributed by atoms with Crippen molar-refractivity contribution in [1.29, 1.82) is 0 Å². The van der Waals surface area contributed by atoms with Crippen LogP contribution in [0.25, 0.3) is 0 Å². The Morgan fingerprint density at radius 1 is 0.792 bits per heavy atom. The van der Waals surface area contributed by atoms with Crippen LogP contribution < -0.4 is 0 Å². The Bertz CT molecular complexity index is 425. The molecule has 0 saturated carbocycles. The van der Waals surface area contributed by atoms with Crippen LogP contribution in [0.4, 0.5) is 9.59 Å². The normalized spacial score (nSPS) is 21.8. The Kier molecular flexibility index (Phi) is 6.92. The molecular formula is C16H34N2O4Si2. The molecule has 0 aromatic heterocycles. The first kappa shape index (κ1) is 21.0. The Labute approximate surface area is 148 Å². The van der Waals surface area contributed by atoms with Gasteiger partial charge in [-0.3, -0.25) is 0 Å². The SMILES string of the molecule is CC(C)CN1C[Si](C)(C)OC(=O)N(CC(C)C)C[Si](C)(C)OC1=O. The number of carbonyl (C=O) groups is 2. The van der Waals surface area contributed by atoms with Crippen LogP contribution in [-0.2, 0) is 8.85 Å². The van der Waals surface area contributed by atoms with Crippen LogP contribution in [0.15, 0.2) is 0 Å². The molecule has 0 atom stereocenters. The average Bonchev–Trinajstić information content (AvgIpc) is 2.32. The molecule has 1 aliphatic rings. The predicted molar refractivity (Wildman–Crippen MR) is 101 cm³/mol. The zero-order valence-corrected chi connectivity index (χ0v) is 18.5. The minimum absolute atomic E-state index is 0.261. The minimum Gasteiger partial charge on any atom is -0.502 e. The van der Waals surface area contributed by atoms with Gasteiger partial charge in [-0.05, 0) is 38.0 Å². The number of amides is 2. The molecule has 0 aromatic carbocycles. The predicted octanol–water partition coefficient (Wildman–Crippen LogP) is 3.68. The molecule has 0 radical (unpaired) electrons. The molecule has 2 amide bonds. The summed E-state index contributed by atoms with van der Waals surface area (Å²) in [4.78, 5) is 28.8. The summed E-state index contributed by atoms with van der Waals surface area (Å²) >= 11 is 0. The molecule has 0 N–H and O–H groups in total. The molecule has 24 heavy (non-hydrogen) atoms. The fourth-order valence-corrected chi connectivity index (χ4v) is 6.56. The van der Waals surface area contributed by atoms with Crippen LogP contribution in [0, 0.1) is 11.8 Å². The molecule has 8 heteroatoms. The molecule has 0 spiro atoms. The van der Waals surface area contributed by atoms with Gasteiger partial charge in [-0.1, -0.05) is 27.7 Å². The van der Waals surface area contributed by atoms with Gasteiger partial charge in [0, 0.05) is 13.1 Å². The Morgan fingerprint density at radius 2 is 1.08 bits per heavy atom. The number of rotatable bonds is 4. The topological polar surface area (TPSA) is 59.1 Å². The van der Waals surface area contributed by atoms with E-state index in [4.69, 9.17) is 8.85 Å². The molecule has 1 aliphatic heterocycles. The fraction of sp³-hybridized carbons (Fsp3) is 0.875. The van der Waals surface area contributed by atoms with E-state index >= 15 is 0 Å². The Balaban J connectivity index is 3.10. The molecule has 1 rings (SSSR count). The van der Waals surface area contributed by atoms with Crippen molar-refractivity contribution >= 4 is 28.8 Å². The van der Waals surface area contributed by atoms with Gasteiger partial charge >= 0.3 is 12.2 Å². The number of nitrogens with zero attached hydrogens (tertiary/aromatic N) is 2. The zero-order valence-electron chi connectivity index (χ0n) is 16.5. The van der Waals surface area contributed by atoms with Crippen LogP contribution >= 0.6 is 0 Å². The van der Waals surface area contributed by atoms with Crippen molar-refractivity contribution in [1.82, 2.24) is 9.80 Å². The van der Waals surface area contributed by atoms with Crippen LogP contribution in [-0.4, -0.2) is 64.0 Å². The van der Waals surface area contributed by atoms with Crippen molar-refractivity contribution < 1.29 is 18.4 Å². The van der Waals surface area contributed by atoms with Gasteiger partial charge in [-0.25, -0.2) is 9.59 Å². The molecule has 0 unspecified atom stereocenters. The molecular weight excluding hydrogens is 340 g/mol. The molecule has 1 heterocycles. The van der Waals surface area contributed by atoms with E-state index in [1.54, 1.807) is 9.80 Å². The van der Waals surface area contributed by atoms with Crippen molar-refractivity contribution in [3.8, 4) is 0 Å². The smallest absolute Gasteiger partial charge is 0.396 e. The van der Waals surface area contributed by atoms with Crippen LogP contribution in [0.5, 0.6) is 0 Å². The van der Waals surface area contributed by atoms with Gasteiger partial charge in [0.05, 0.1) is 12.3 Å². The summed E-state index contributed by atoms with van der Waals surface area (Å²) in [6, 6.07) is 0. The van der Waals surface area contributed by atoms with E-state index in [1.807, 2.05) is 26.2 Å². The van der Waals surface area contributed by atoms with Crippen molar-refractivity contribution in [3.63, 3.8) is 0 Å². The highest BCUT2D eigenvalue weighted by Gasteiger charge is 2.40. The Hall–Kier alpha value is -1.03. The maximum Gasteiger partial charge on any atom is 0.396 e. The second-order valence-corrected chi connectivity index (χ2v) is 16.9. The summed E-state index contributed by atoms with van der Waals surface area (Å²) in [6.07, 6.45) is 0.415. The Morgan fingerprint density at radius 3 is 1.33 bits per heavy atom. The van der Waals surface area contributed by atoms with E-state index in [0.29, 0.717) is 37.3 Å². The van der Waals surface area contributed by atoms with E-state index in [1.165, 1.54) is 0 Å². The number of hydrogen-bond acceptors (Lipinski definition) is 4. The van der Waals surface area contributed by atoms with Gasteiger partial charge in [0.1, 0.15) is 0 Å². The maximum absolute atomic E-state index is 12.7. The lowest BCUT2D eigenvalue weighted by Gasteiger charge is -2.39. The largest absolute Gasteiger partial charge is 0.502 e. The first-order chi connectivity index (χ1) is 10.8. The average molecular weight is 375 g/mol. The molecule has 1 fully saturated rings. The van der Waals surface area contributed by atoms with E-state index in [2.05, 4.69) is 27.7 Å². The van der Waals surface area contributed by atoms with Crippen LogP contribution in [0.2, 0.25) is 26.2 Å². The van der Waals surface area contributed by atoms with Gasteiger partial charge in [0.2, 0.25) is 0 Å². The van der Waals surface area contributed by atoms with Crippen molar-refractivity contribution in [2.45, 2.75) is 53.9 Å². The highest BCUT2D eigenvalue weighted by atomic mass is 28.4. The van der Waals surface area contributed by atoms with Crippen LogP contribution in [0.3, 0.4) is 0 Å². The van der Waals surface area contributed by atoms with Gasteiger partial charge in [0.15, 0.2) is 0 Å². The third kappa shape index (κ3) is 6.84. The molecule has 140 valence electrons. The van der Waals surface area contributed by atoms with Crippen LogP contribution in [0.1, 0.15) is 27.7 Å². The summed E-state index contributed by atoms with van der Waals surface area (Å²) in [6.45, 7) is 17.4. The second kappa shape index (κ2) is 7.90. The third-order valence-corrected chi connectivity index (χ3v) is 7.30. The lowest BCUT2D eigenvalue weighted by molar-refractivity contribution is 0.127. The van der Waals surface area contributed by atoms with Gasteiger partial charge in [-0.2, -0.15) is 0 Å². The summed E-state index contributed by atoms with van der Waals surface area (Å²) in [7, 11) is -4.70. The van der Waals surface area contributed by atoms with Crippen molar-refractivity contribution in [2.75, 3.05) is 25.4 Å². The minimum atomic E-state index is -2.35. The summed E-state index contributed by atoms with van der Waals surface area (Å²) in [5.74, 6) is 0.673. The zero-order chi connectivity index (χ0) is 18.7. The van der Waals surface area contributed by atoms with Crippen molar-refractivity contribution in [3.05, 3.63) is 0 Å². The number of hydrogen-bond donors (Lipinski definition) is 0. The first-order valence-electron chi connectivity index (χ1n) is 8.77. The van der Waals surface area contributed by atoms with E-state index in [0.717, 1.165) is 0 Å². The summed E-state index contributed by atoms with van der Waals surface area (Å²) in [5.41, 5.74) is 0. The summed E-state index contributed by atoms with van der Waals surface area (Å²) < 4.78 is 11.8. The van der Waals surface area contributed by atoms with Gasteiger partial charge in [-0.15, -0.1) is 0 Å². The van der Waals surface area contributed by atoms with E-state index < -0.39 is 16.6 Å². The summed E-state index contributed by atoms with van der Waals surface area (Å²) in [5, 5.41) is 0. The first-order valence-corrected chi connectivity index (χ1v) is 15.0. The lowest BCUT2D eigenvalue weighted by atomic mass is 10.2.